The lowest BCUT2D eigenvalue weighted by molar-refractivity contribution is -0.142. The molecule has 1 amide bonds. The number of likely N-dealkylation sites (tertiary alicyclic amines) is 1. The van der Waals surface area contributed by atoms with Crippen LogP contribution in [0.1, 0.15) is 38.5 Å². The van der Waals surface area contributed by atoms with Gasteiger partial charge in [0.05, 0.1) is 11.8 Å². The fourth-order valence-electron chi connectivity index (χ4n) is 2.44. The summed E-state index contributed by atoms with van der Waals surface area (Å²) >= 11 is 0. The van der Waals surface area contributed by atoms with Gasteiger partial charge in [0, 0.05) is 13.1 Å². The summed E-state index contributed by atoms with van der Waals surface area (Å²) in [5.74, 6) is -1.37. The molecular formula is C12H19NO3. The van der Waals surface area contributed by atoms with Crippen molar-refractivity contribution < 1.29 is 14.7 Å². The third kappa shape index (κ3) is 2.54. The molecule has 2 atom stereocenters. The summed E-state index contributed by atoms with van der Waals surface area (Å²) < 4.78 is 0. The molecule has 90 valence electrons. The Bertz CT molecular complexity index is 282. The number of amides is 1. The Morgan fingerprint density at radius 1 is 0.938 bits per heavy atom. The number of carbonyl (C=O) groups excluding carboxylic acids is 1. The van der Waals surface area contributed by atoms with E-state index in [1.807, 2.05) is 4.90 Å². The van der Waals surface area contributed by atoms with Gasteiger partial charge in [0.1, 0.15) is 0 Å². The second-order valence-corrected chi connectivity index (χ2v) is 4.88. The summed E-state index contributed by atoms with van der Waals surface area (Å²) in [6, 6.07) is 0. The van der Waals surface area contributed by atoms with E-state index in [2.05, 4.69) is 0 Å². The lowest BCUT2D eigenvalue weighted by Gasteiger charge is -2.24. The van der Waals surface area contributed by atoms with Gasteiger partial charge in [-0.05, 0) is 19.3 Å². The number of hydrogen-bond donors (Lipinski definition) is 1. The van der Waals surface area contributed by atoms with Crippen molar-refractivity contribution in [1.29, 1.82) is 0 Å². The van der Waals surface area contributed by atoms with Crippen LogP contribution < -0.4 is 0 Å². The van der Waals surface area contributed by atoms with Crippen molar-refractivity contribution in [2.45, 2.75) is 38.5 Å². The number of hydrogen-bond acceptors (Lipinski definition) is 2. The van der Waals surface area contributed by atoms with Gasteiger partial charge in [-0.2, -0.15) is 0 Å². The van der Waals surface area contributed by atoms with Gasteiger partial charge in [-0.15, -0.1) is 0 Å². The van der Waals surface area contributed by atoms with Crippen molar-refractivity contribution >= 4 is 11.9 Å². The van der Waals surface area contributed by atoms with Gasteiger partial charge in [0.15, 0.2) is 0 Å². The first-order valence-electron chi connectivity index (χ1n) is 6.22. The minimum Gasteiger partial charge on any atom is -0.481 e. The fourth-order valence-corrected chi connectivity index (χ4v) is 2.44. The summed E-state index contributed by atoms with van der Waals surface area (Å²) in [5.41, 5.74) is 0. The predicted molar refractivity (Wildman–Crippen MR) is 58.9 cm³/mol. The van der Waals surface area contributed by atoms with Gasteiger partial charge in [-0.25, -0.2) is 0 Å². The first-order chi connectivity index (χ1) is 7.70. The molecule has 2 aliphatic rings. The zero-order chi connectivity index (χ0) is 11.5. The zero-order valence-electron chi connectivity index (χ0n) is 9.52. The maximum Gasteiger partial charge on any atom is 0.307 e. The third-order valence-electron chi connectivity index (χ3n) is 3.59. The van der Waals surface area contributed by atoms with Crippen LogP contribution in [0, 0.1) is 11.8 Å². The summed E-state index contributed by atoms with van der Waals surface area (Å²) in [4.78, 5) is 24.6. The van der Waals surface area contributed by atoms with Crippen LogP contribution in [0.2, 0.25) is 0 Å². The molecule has 2 fully saturated rings. The highest BCUT2D eigenvalue weighted by molar-refractivity contribution is 5.89. The Labute approximate surface area is 95.6 Å². The minimum absolute atomic E-state index is 0.0781. The van der Waals surface area contributed by atoms with E-state index in [0.717, 1.165) is 25.9 Å². The summed E-state index contributed by atoms with van der Waals surface area (Å²) in [5, 5.41) is 8.80. The van der Waals surface area contributed by atoms with E-state index in [1.165, 1.54) is 19.3 Å². The Morgan fingerprint density at radius 3 is 2.00 bits per heavy atom. The molecule has 1 saturated heterocycles. The first kappa shape index (κ1) is 11.4. The van der Waals surface area contributed by atoms with Crippen molar-refractivity contribution in [2.24, 2.45) is 11.8 Å². The van der Waals surface area contributed by atoms with Crippen molar-refractivity contribution in [2.75, 3.05) is 13.1 Å². The standard InChI is InChI=1S/C12H19NO3/c14-11(9-8-10(9)12(15)16)13-6-4-2-1-3-5-7-13/h9-10H,1-8H2,(H,15,16). The quantitative estimate of drug-likeness (QED) is 0.774. The highest BCUT2D eigenvalue weighted by atomic mass is 16.4. The van der Waals surface area contributed by atoms with Crippen molar-refractivity contribution in [3.8, 4) is 0 Å². The number of rotatable bonds is 2. The molecule has 1 saturated carbocycles. The van der Waals surface area contributed by atoms with E-state index in [9.17, 15) is 9.59 Å². The molecule has 0 radical (unpaired) electrons. The van der Waals surface area contributed by atoms with E-state index < -0.39 is 11.9 Å². The molecule has 1 N–H and O–H groups in total. The molecular weight excluding hydrogens is 206 g/mol. The van der Waals surface area contributed by atoms with Crippen LogP contribution >= 0.6 is 0 Å². The van der Waals surface area contributed by atoms with Crippen LogP contribution in [-0.4, -0.2) is 35.0 Å². The Balaban J connectivity index is 1.86. The molecule has 1 aliphatic carbocycles. The average molecular weight is 225 g/mol. The Morgan fingerprint density at radius 2 is 1.50 bits per heavy atom. The maximum atomic E-state index is 12.0. The molecule has 2 unspecified atom stereocenters. The van der Waals surface area contributed by atoms with Crippen molar-refractivity contribution in [1.82, 2.24) is 4.90 Å². The maximum absolute atomic E-state index is 12.0. The predicted octanol–water partition coefficient (Wildman–Crippen LogP) is 1.50. The van der Waals surface area contributed by atoms with Crippen LogP contribution in [0.15, 0.2) is 0 Å². The highest BCUT2D eigenvalue weighted by Crippen LogP contribution is 2.40. The van der Waals surface area contributed by atoms with E-state index in [0.29, 0.717) is 6.42 Å². The monoisotopic (exact) mass is 225 g/mol. The summed E-state index contributed by atoms with van der Waals surface area (Å²) in [6.45, 7) is 1.64. The highest BCUT2D eigenvalue weighted by Gasteiger charge is 2.49. The average Bonchev–Trinajstić information content (AvgIpc) is 2.95. The van der Waals surface area contributed by atoms with Gasteiger partial charge in [-0.1, -0.05) is 19.3 Å². The van der Waals surface area contributed by atoms with E-state index >= 15 is 0 Å². The molecule has 2 rings (SSSR count). The Kier molecular flexibility index (Phi) is 3.46. The van der Waals surface area contributed by atoms with Crippen molar-refractivity contribution in [3.63, 3.8) is 0 Å². The smallest absolute Gasteiger partial charge is 0.307 e. The first-order valence-corrected chi connectivity index (χ1v) is 6.22. The molecule has 0 aromatic rings. The molecule has 1 heterocycles. The zero-order valence-corrected chi connectivity index (χ0v) is 9.52. The van der Waals surface area contributed by atoms with Crippen LogP contribution in [-0.2, 0) is 9.59 Å². The van der Waals surface area contributed by atoms with E-state index in [-0.39, 0.29) is 11.8 Å². The van der Waals surface area contributed by atoms with Crippen LogP contribution in [0.4, 0.5) is 0 Å². The third-order valence-corrected chi connectivity index (χ3v) is 3.59. The Hall–Kier alpha value is -1.06. The van der Waals surface area contributed by atoms with E-state index in [4.69, 9.17) is 5.11 Å². The van der Waals surface area contributed by atoms with Crippen LogP contribution in [0.3, 0.4) is 0 Å². The molecule has 1 aliphatic heterocycles. The van der Waals surface area contributed by atoms with Gasteiger partial charge in [-0.3, -0.25) is 9.59 Å². The van der Waals surface area contributed by atoms with Gasteiger partial charge in [0.2, 0.25) is 5.91 Å². The second-order valence-electron chi connectivity index (χ2n) is 4.88. The number of carboxylic acid groups (broad SMARTS) is 1. The SMILES string of the molecule is O=C(O)C1CC1C(=O)N1CCCCCCC1. The van der Waals surface area contributed by atoms with Gasteiger partial charge < -0.3 is 10.0 Å². The number of carbonyl (C=O) groups is 2. The molecule has 16 heavy (non-hydrogen) atoms. The summed E-state index contributed by atoms with van der Waals surface area (Å²) in [6.07, 6.45) is 6.33. The fraction of sp³-hybridized carbons (Fsp3) is 0.833. The molecule has 0 aromatic heterocycles. The molecule has 0 aromatic carbocycles. The van der Waals surface area contributed by atoms with Gasteiger partial charge >= 0.3 is 5.97 Å². The molecule has 4 heteroatoms. The normalized spacial score (nSPS) is 30.4. The largest absolute Gasteiger partial charge is 0.481 e. The lowest BCUT2D eigenvalue weighted by Crippen LogP contribution is -2.35. The van der Waals surface area contributed by atoms with Crippen molar-refractivity contribution in [3.05, 3.63) is 0 Å². The molecule has 0 bridgehead atoms. The van der Waals surface area contributed by atoms with Crippen LogP contribution in [0.5, 0.6) is 0 Å². The molecule has 4 nitrogen and oxygen atoms in total. The lowest BCUT2D eigenvalue weighted by atomic mass is 10.1. The number of aliphatic carboxylic acids is 1. The second kappa shape index (κ2) is 4.85. The van der Waals surface area contributed by atoms with Crippen LogP contribution in [0.25, 0.3) is 0 Å². The summed E-state index contributed by atoms with van der Waals surface area (Å²) in [7, 11) is 0. The number of nitrogens with zero attached hydrogens (tertiary/aromatic N) is 1. The molecule has 0 spiro atoms. The topological polar surface area (TPSA) is 57.6 Å². The minimum atomic E-state index is -0.814. The number of carboxylic acids is 1. The van der Waals surface area contributed by atoms with Gasteiger partial charge in [0.25, 0.3) is 0 Å². The van der Waals surface area contributed by atoms with E-state index in [1.54, 1.807) is 0 Å².